The zero-order valence-electron chi connectivity index (χ0n) is 18.2. The molecule has 3 N–H and O–H groups in total. The summed E-state index contributed by atoms with van der Waals surface area (Å²) in [6.45, 7) is 5.98. The summed E-state index contributed by atoms with van der Waals surface area (Å²) in [5.74, 6) is 0.672. The molecule has 0 heterocycles. The Hall–Kier alpha value is -2.42. The van der Waals surface area contributed by atoms with E-state index in [2.05, 4.69) is 52.4 Å². The minimum atomic E-state index is -3.55. The van der Waals surface area contributed by atoms with Crippen molar-refractivity contribution in [3.63, 3.8) is 0 Å². The van der Waals surface area contributed by atoms with Gasteiger partial charge in [-0.05, 0) is 43.5 Å². The van der Waals surface area contributed by atoms with Crippen molar-refractivity contribution >= 4 is 16.0 Å². The Bertz CT molecular complexity index is 938. The largest absolute Gasteiger partial charge is 0.383 e. The summed E-state index contributed by atoms with van der Waals surface area (Å²) in [6, 6.07) is 13.4. The SMILES string of the molecule is CN=C(NCCc1cc(C)cc(C)c1)NCc1cccc(S(=O)(=O)NCCOC)c1. The van der Waals surface area contributed by atoms with E-state index in [0.717, 1.165) is 18.5 Å². The van der Waals surface area contributed by atoms with Crippen molar-refractivity contribution in [1.82, 2.24) is 15.4 Å². The maximum Gasteiger partial charge on any atom is 0.240 e. The van der Waals surface area contributed by atoms with Crippen molar-refractivity contribution in [3.05, 3.63) is 64.7 Å². The van der Waals surface area contributed by atoms with Gasteiger partial charge in [0.15, 0.2) is 5.96 Å². The first kappa shape index (κ1) is 23.9. The molecule has 2 rings (SSSR count). The zero-order chi connectivity index (χ0) is 22.0. The third-order valence-electron chi connectivity index (χ3n) is 4.48. The maximum atomic E-state index is 12.4. The van der Waals surface area contributed by atoms with Crippen LogP contribution in [0, 0.1) is 13.8 Å². The molecule has 0 saturated heterocycles. The first-order chi connectivity index (χ1) is 14.3. The molecule has 2 aromatic carbocycles. The number of hydrogen-bond acceptors (Lipinski definition) is 4. The molecule has 8 heteroatoms. The van der Waals surface area contributed by atoms with Gasteiger partial charge in [0.25, 0.3) is 0 Å². The molecule has 0 saturated carbocycles. The smallest absolute Gasteiger partial charge is 0.240 e. The van der Waals surface area contributed by atoms with E-state index < -0.39 is 10.0 Å². The van der Waals surface area contributed by atoms with Crippen LogP contribution in [0.2, 0.25) is 0 Å². The van der Waals surface area contributed by atoms with Gasteiger partial charge in [-0.25, -0.2) is 13.1 Å². The van der Waals surface area contributed by atoms with Gasteiger partial charge in [-0.15, -0.1) is 0 Å². The fourth-order valence-electron chi connectivity index (χ4n) is 3.13. The van der Waals surface area contributed by atoms with E-state index in [1.165, 1.54) is 23.8 Å². The third kappa shape index (κ3) is 7.78. The lowest BCUT2D eigenvalue weighted by Crippen LogP contribution is -2.37. The van der Waals surface area contributed by atoms with Crippen molar-refractivity contribution in [2.75, 3.05) is 33.9 Å². The van der Waals surface area contributed by atoms with Crippen LogP contribution in [-0.4, -0.2) is 48.2 Å². The molecule has 0 atom stereocenters. The minimum absolute atomic E-state index is 0.232. The molecule has 0 bridgehead atoms. The average molecular weight is 433 g/mol. The number of nitrogens with zero attached hydrogens (tertiary/aromatic N) is 1. The standard InChI is InChI=1S/C22H32N4O3S/c1-17-12-18(2)14-19(13-17)8-9-24-22(23-3)25-16-20-6-5-7-21(15-20)30(27,28)26-10-11-29-4/h5-7,12-15,26H,8-11,16H2,1-4H3,(H2,23,24,25). The normalized spacial score (nSPS) is 12.1. The van der Waals surface area contributed by atoms with Gasteiger partial charge in [0.1, 0.15) is 0 Å². The third-order valence-corrected chi connectivity index (χ3v) is 5.94. The fourth-order valence-corrected chi connectivity index (χ4v) is 4.21. The second-order valence-corrected chi connectivity index (χ2v) is 8.90. The van der Waals surface area contributed by atoms with Crippen LogP contribution >= 0.6 is 0 Å². The number of ether oxygens (including phenoxy) is 1. The Morgan fingerprint density at radius 1 is 1.00 bits per heavy atom. The van der Waals surface area contributed by atoms with Gasteiger partial charge in [-0.3, -0.25) is 4.99 Å². The Morgan fingerprint density at radius 3 is 2.40 bits per heavy atom. The highest BCUT2D eigenvalue weighted by atomic mass is 32.2. The van der Waals surface area contributed by atoms with Crippen LogP contribution in [0.25, 0.3) is 0 Å². The monoisotopic (exact) mass is 432 g/mol. The van der Waals surface area contributed by atoms with Gasteiger partial charge < -0.3 is 15.4 Å². The first-order valence-electron chi connectivity index (χ1n) is 9.93. The van der Waals surface area contributed by atoms with Crippen molar-refractivity contribution in [3.8, 4) is 0 Å². The Labute approximate surface area is 180 Å². The summed E-state index contributed by atoms with van der Waals surface area (Å²) >= 11 is 0. The number of rotatable bonds is 10. The number of nitrogens with one attached hydrogen (secondary N) is 3. The van der Waals surface area contributed by atoms with Crippen LogP contribution in [-0.2, 0) is 27.7 Å². The molecule has 0 radical (unpaired) electrons. The number of guanidine groups is 1. The number of aliphatic imine (C=N–C) groups is 1. The summed E-state index contributed by atoms with van der Waals surface area (Å²) < 4.78 is 32.1. The first-order valence-corrected chi connectivity index (χ1v) is 11.4. The number of aryl methyl sites for hydroxylation is 2. The van der Waals surface area contributed by atoms with E-state index in [1.807, 2.05) is 6.07 Å². The van der Waals surface area contributed by atoms with E-state index >= 15 is 0 Å². The minimum Gasteiger partial charge on any atom is -0.383 e. The lowest BCUT2D eigenvalue weighted by Gasteiger charge is -2.13. The van der Waals surface area contributed by atoms with Crippen molar-refractivity contribution in [2.45, 2.75) is 31.7 Å². The topological polar surface area (TPSA) is 91.8 Å². The quantitative estimate of drug-likeness (QED) is 0.304. The van der Waals surface area contributed by atoms with E-state index in [-0.39, 0.29) is 11.4 Å². The van der Waals surface area contributed by atoms with Gasteiger partial charge in [0, 0.05) is 33.8 Å². The van der Waals surface area contributed by atoms with Crippen molar-refractivity contribution < 1.29 is 13.2 Å². The van der Waals surface area contributed by atoms with Gasteiger partial charge in [0.2, 0.25) is 10.0 Å². The molecule has 0 unspecified atom stereocenters. The van der Waals surface area contributed by atoms with E-state index in [4.69, 9.17) is 4.74 Å². The molecule has 0 fully saturated rings. The van der Waals surface area contributed by atoms with Crippen LogP contribution in [0.1, 0.15) is 22.3 Å². The van der Waals surface area contributed by atoms with E-state index in [9.17, 15) is 8.42 Å². The van der Waals surface area contributed by atoms with Crippen molar-refractivity contribution in [1.29, 1.82) is 0 Å². The predicted molar refractivity (Wildman–Crippen MR) is 121 cm³/mol. The fraction of sp³-hybridized carbons (Fsp3) is 0.409. The Morgan fingerprint density at radius 2 is 1.73 bits per heavy atom. The maximum absolute atomic E-state index is 12.4. The highest BCUT2D eigenvalue weighted by Gasteiger charge is 2.13. The molecule has 0 aliphatic rings. The van der Waals surface area contributed by atoms with Gasteiger partial charge in [-0.2, -0.15) is 0 Å². The van der Waals surface area contributed by atoms with Crippen LogP contribution in [0.4, 0.5) is 0 Å². The lowest BCUT2D eigenvalue weighted by atomic mass is 10.1. The molecule has 7 nitrogen and oxygen atoms in total. The highest BCUT2D eigenvalue weighted by molar-refractivity contribution is 7.89. The van der Waals surface area contributed by atoms with E-state index in [1.54, 1.807) is 25.2 Å². The number of benzene rings is 2. The molecular formula is C22H32N4O3S. The second-order valence-electron chi connectivity index (χ2n) is 7.14. The number of methoxy groups -OCH3 is 1. The lowest BCUT2D eigenvalue weighted by molar-refractivity contribution is 0.204. The molecule has 0 aromatic heterocycles. The average Bonchev–Trinajstić information content (AvgIpc) is 2.70. The molecule has 0 aliphatic carbocycles. The van der Waals surface area contributed by atoms with Crippen molar-refractivity contribution in [2.24, 2.45) is 4.99 Å². The summed E-state index contributed by atoms with van der Waals surface area (Å²) in [4.78, 5) is 4.47. The van der Waals surface area contributed by atoms with Crippen LogP contribution in [0.15, 0.2) is 52.4 Å². The zero-order valence-corrected chi connectivity index (χ0v) is 19.0. The summed E-state index contributed by atoms with van der Waals surface area (Å²) in [6.07, 6.45) is 0.893. The molecule has 0 aliphatic heterocycles. The second kappa shape index (κ2) is 11.7. The molecule has 2 aromatic rings. The van der Waals surface area contributed by atoms with Gasteiger partial charge >= 0.3 is 0 Å². The number of sulfonamides is 1. The number of hydrogen-bond donors (Lipinski definition) is 3. The van der Waals surface area contributed by atoms with Gasteiger partial charge in [0.05, 0.1) is 11.5 Å². The molecule has 0 spiro atoms. The summed E-state index contributed by atoms with van der Waals surface area (Å²) in [7, 11) is -0.309. The Balaban J connectivity index is 1.88. The van der Waals surface area contributed by atoms with Gasteiger partial charge in [-0.1, -0.05) is 41.5 Å². The summed E-state index contributed by atoms with van der Waals surface area (Å²) in [5.41, 5.74) is 4.66. The molecule has 30 heavy (non-hydrogen) atoms. The molecule has 164 valence electrons. The summed E-state index contributed by atoms with van der Waals surface area (Å²) in [5, 5.41) is 6.53. The molecule has 0 amide bonds. The van der Waals surface area contributed by atoms with E-state index in [0.29, 0.717) is 19.1 Å². The van der Waals surface area contributed by atoms with Crippen LogP contribution in [0.5, 0.6) is 0 Å². The highest BCUT2D eigenvalue weighted by Crippen LogP contribution is 2.11. The van der Waals surface area contributed by atoms with Crippen LogP contribution < -0.4 is 15.4 Å². The predicted octanol–water partition coefficient (Wildman–Crippen LogP) is 2.14. The van der Waals surface area contributed by atoms with Crippen LogP contribution in [0.3, 0.4) is 0 Å². The molecular weight excluding hydrogens is 400 g/mol. The Kier molecular flexibility index (Phi) is 9.29.